The first kappa shape index (κ1) is 14.8. The third kappa shape index (κ3) is 2.81. The van der Waals surface area contributed by atoms with Crippen molar-refractivity contribution >= 4 is 11.6 Å². The molecule has 0 fully saturated rings. The minimum Gasteiger partial charge on any atom is -0.492 e. The summed E-state index contributed by atoms with van der Waals surface area (Å²) >= 11 is 0. The highest BCUT2D eigenvalue weighted by molar-refractivity contribution is 5.91. The molecule has 0 aromatic carbocycles. The Hall–Kier alpha value is -2.57. The van der Waals surface area contributed by atoms with Crippen LogP contribution in [0.2, 0.25) is 0 Å². The van der Waals surface area contributed by atoms with E-state index < -0.39 is 23.0 Å². The van der Waals surface area contributed by atoms with Gasteiger partial charge in [-0.05, 0) is 32.9 Å². The van der Waals surface area contributed by atoms with Gasteiger partial charge in [-0.3, -0.25) is 9.20 Å². The summed E-state index contributed by atoms with van der Waals surface area (Å²) in [4.78, 5) is 27.9. The molecule has 0 aliphatic rings. The average Bonchev–Trinajstić information content (AvgIpc) is 2.39. The third-order valence-corrected chi connectivity index (χ3v) is 2.64. The van der Waals surface area contributed by atoms with Crippen LogP contribution in [0.15, 0.2) is 23.1 Å². The number of aromatic nitrogens is 2. The van der Waals surface area contributed by atoms with Gasteiger partial charge in [-0.2, -0.15) is 4.98 Å². The van der Waals surface area contributed by atoms with Crippen LogP contribution in [-0.4, -0.2) is 33.2 Å². The van der Waals surface area contributed by atoms with E-state index in [1.807, 2.05) is 13.8 Å². The largest absolute Gasteiger partial charge is 0.492 e. The van der Waals surface area contributed by atoms with Crippen LogP contribution >= 0.6 is 0 Å². The Kier molecular flexibility index (Phi) is 4.11. The second kappa shape index (κ2) is 5.82. The van der Waals surface area contributed by atoms with Crippen molar-refractivity contribution in [2.24, 2.45) is 0 Å². The molecule has 0 amide bonds. The molecule has 0 unspecified atom stereocenters. The number of hydrogen-bond donors (Lipinski definition) is 1. The number of fused-ring (bicyclic) bond motifs is 1. The molecule has 21 heavy (non-hydrogen) atoms. The SMILES string of the molecule is CCOC(=O)c1c(O)nc2c(OC(C)C)cccn2c1=O. The molecular formula is C14H16N2O5. The van der Waals surface area contributed by atoms with Crippen LogP contribution < -0.4 is 10.3 Å². The highest BCUT2D eigenvalue weighted by Gasteiger charge is 2.22. The van der Waals surface area contributed by atoms with Gasteiger partial charge in [-0.15, -0.1) is 0 Å². The third-order valence-electron chi connectivity index (χ3n) is 2.64. The van der Waals surface area contributed by atoms with Gasteiger partial charge in [0.1, 0.15) is 0 Å². The lowest BCUT2D eigenvalue weighted by molar-refractivity contribution is 0.0519. The highest BCUT2D eigenvalue weighted by atomic mass is 16.5. The second-order valence-corrected chi connectivity index (χ2v) is 4.57. The predicted molar refractivity (Wildman–Crippen MR) is 74.8 cm³/mol. The summed E-state index contributed by atoms with van der Waals surface area (Å²) < 4.78 is 11.4. The van der Waals surface area contributed by atoms with Gasteiger partial charge in [-0.25, -0.2) is 4.79 Å². The Labute approximate surface area is 120 Å². The lowest BCUT2D eigenvalue weighted by Gasteiger charge is -2.13. The zero-order valence-corrected chi connectivity index (χ0v) is 12.0. The highest BCUT2D eigenvalue weighted by Crippen LogP contribution is 2.21. The molecule has 0 saturated carbocycles. The van der Waals surface area contributed by atoms with Crippen molar-refractivity contribution in [3.05, 3.63) is 34.2 Å². The Morgan fingerprint density at radius 2 is 2.19 bits per heavy atom. The Balaban J connectivity index is 2.69. The van der Waals surface area contributed by atoms with Gasteiger partial charge < -0.3 is 14.6 Å². The molecule has 0 atom stereocenters. The molecule has 1 N–H and O–H groups in total. The van der Waals surface area contributed by atoms with E-state index in [-0.39, 0.29) is 18.4 Å². The van der Waals surface area contributed by atoms with Gasteiger partial charge in [-0.1, -0.05) is 0 Å². The van der Waals surface area contributed by atoms with Crippen LogP contribution in [-0.2, 0) is 4.74 Å². The molecule has 2 aromatic rings. The van der Waals surface area contributed by atoms with Crippen molar-refractivity contribution in [1.82, 2.24) is 9.38 Å². The summed E-state index contributed by atoms with van der Waals surface area (Å²) in [6.07, 6.45) is 1.32. The summed E-state index contributed by atoms with van der Waals surface area (Å²) in [5.41, 5.74) is -1.05. The van der Waals surface area contributed by atoms with E-state index in [0.717, 1.165) is 4.40 Å². The Morgan fingerprint density at radius 3 is 2.81 bits per heavy atom. The second-order valence-electron chi connectivity index (χ2n) is 4.57. The van der Waals surface area contributed by atoms with Crippen molar-refractivity contribution < 1.29 is 19.4 Å². The zero-order chi connectivity index (χ0) is 15.6. The summed E-state index contributed by atoms with van der Waals surface area (Å²) in [5.74, 6) is -1.23. The van der Waals surface area contributed by atoms with E-state index in [1.54, 1.807) is 19.1 Å². The topological polar surface area (TPSA) is 90.1 Å². The molecule has 2 aromatic heterocycles. The number of carbonyl (C=O) groups is 1. The van der Waals surface area contributed by atoms with E-state index in [0.29, 0.717) is 5.75 Å². The van der Waals surface area contributed by atoms with Crippen LogP contribution in [0, 0.1) is 0 Å². The van der Waals surface area contributed by atoms with Crippen LogP contribution in [0.1, 0.15) is 31.1 Å². The first-order valence-corrected chi connectivity index (χ1v) is 6.53. The fourth-order valence-electron chi connectivity index (χ4n) is 1.85. The van der Waals surface area contributed by atoms with Crippen LogP contribution in [0.5, 0.6) is 11.6 Å². The smallest absolute Gasteiger partial charge is 0.349 e. The summed E-state index contributed by atoms with van der Waals surface area (Å²) in [6.45, 7) is 5.36. The number of esters is 1. The number of carbonyl (C=O) groups excluding carboxylic acids is 1. The fraction of sp³-hybridized carbons (Fsp3) is 0.357. The van der Waals surface area contributed by atoms with Crippen molar-refractivity contribution in [3.8, 4) is 11.6 Å². The number of hydrogen-bond acceptors (Lipinski definition) is 6. The number of rotatable bonds is 4. The van der Waals surface area contributed by atoms with E-state index >= 15 is 0 Å². The maximum absolute atomic E-state index is 12.3. The van der Waals surface area contributed by atoms with Gasteiger partial charge in [0.15, 0.2) is 17.0 Å². The van der Waals surface area contributed by atoms with Gasteiger partial charge in [0, 0.05) is 6.20 Å². The summed E-state index contributed by atoms with van der Waals surface area (Å²) in [5, 5.41) is 9.86. The summed E-state index contributed by atoms with van der Waals surface area (Å²) in [6, 6.07) is 3.23. The molecule has 7 nitrogen and oxygen atoms in total. The molecule has 0 aliphatic heterocycles. The van der Waals surface area contributed by atoms with Gasteiger partial charge >= 0.3 is 5.97 Å². The number of ether oxygens (including phenoxy) is 2. The minimum atomic E-state index is -0.905. The first-order chi connectivity index (χ1) is 9.95. The molecule has 2 heterocycles. The standard InChI is InChI=1S/C14H16N2O5/c1-4-20-14(19)10-12(17)15-11-9(21-8(2)3)6-5-7-16(11)13(10)18/h5-8,17H,4H2,1-3H3. The molecular weight excluding hydrogens is 276 g/mol. The maximum Gasteiger partial charge on any atom is 0.349 e. The van der Waals surface area contributed by atoms with E-state index in [4.69, 9.17) is 9.47 Å². The van der Waals surface area contributed by atoms with Gasteiger partial charge in [0.25, 0.3) is 5.56 Å². The predicted octanol–water partition coefficient (Wildman–Crippen LogP) is 1.36. The molecule has 0 radical (unpaired) electrons. The molecule has 0 bridgehead atoms. The van der Waals surface area contributed by atoms with Crippen molar-refractivity contribution in [3.63, 3.8) is 0 Å². The Bertz CT molecular complexity index is 736. The number of pyridine rings is 1. The molecule has 0 saturated heterocycles. The van der Waals surface area contributed by atoms with Crippen LogP contribution in [0.4, 0.5) is 0 Å². The normalized spacial score (nSPS) is 10.9. The van der Waals surface area contributed by atoms with Crippen molar-refractivity contribution in [2.75, 3.05) is 6.61 Å². The van der Waals surface area contributed by atoms with Crippen molar-refractivity contribution in [1.29, 1.82) is 0 Å². The average molecular weight is 292 g/mol. The van der Waals surface area contributed by atoms with E-state index in [1.165, 1.54) is 6.20 Å². The molecule has 2 rings (SSSR count). The number of aromatic hydroxyl groups is 1. The first-order valence-electron chi connectivity index (χ1n) is 6.53. The molecule has 0 spiro atoms. The van der Waals surface area contributed by atoms with E-state index in [2.05, 4.69) is 4.98 Å². The minimum absolute atomic E-state index is 0.0942. The maximum atomic E-state index is 12.3. The zero-order valence-electron chi connectivity index (χ0n) is 12.0. The lowest BCUT2D eigenvalue weighted by Crippen LogP contribution is -2.25. The van der Waals surface area contributed by atoms with Crippen LogP contribution in [0.3, 0.4) is 0 Å². The Morgan fingerprint density at radius 1 is 1.48 bits per heavy atom. The molecule has 7 heteroatoms. The number of nitrogens with zero attached hydrogens (tertiary/aromatic N) is 2. The quantitative estimate of drug-likeness (QED) is 0.856. The summed E-state index contributed by atoms with van der Waals surface area (Å²) in [7, 11) is 0. The van der Waals surface area contributed by atoms with Crippen molar-refractivity contribution in [2.45, 2.75) is 26.9 Å². The van der Waals surface area contributed by atoms with Gasteiger partial charge in [0.2, 0.25) is 5.88 Å². The van der Waals surface area contributed by atoms with Crippen LogP contribution in [0.25, 0.3) is 5.65 Å². The molecule has 112 valence electrons. The van der Waals surface area contributed by atoms with Gasteiger partial charge in [0.05, 0.1) is 12.7 Å². The van der Waals surface area contributed by atoms with E-state index in [9.17, 15) is 14.7 Å². The lowest BCUT2D eigenvalue weighted by atomic mass is 10.3. The molecule has 0 aliphatic carbocycles. The fourth-order valence-corrected chi connectivity index (χ4v) is 1.85. The monoisotopic (exact) mass is 292 g/mol.